The van der Waals surface area contributed by atoms with Gasteiger partial charge in [0.2, 0.25) is 0 Å². The van der Waals surface area contributed by atoms with Crippen LogP contribution in [0, 0.1) is 0 Å². The Kier molecular flexibility index (Phi) is 3.54. The Morgan fingerprint density at radius 3 is 3.07 bits per heavy atom. The molecule has 0 radical (unpaired) electrons. The quantitative estimate of drug-likeness (QED) is 0.788. The minimum absolute atomic E-state index is 0.550. The van der Waals surface area contributed by atoms with E-state index >= 15 is 0 Å². The van der Waals surface area contributed by atoms with E-state index in [1.807, 2.05) is 23.9 Å². The summed E-state index contributed by atoms with van der Waals surface area (Å²) in [5.74, 6) is 2.50. The summed E-state index contributed by atoms with van der Waals surface area (Å²) in [6.45, 7) is 0. The molecule has 1 aromatic rings. The van der Waals surface area contributed by atoms with Crippen LogP contribution in [-0.2, 0) is 0 Å². The van der Waals surface area contributed by atoms with Gasteiger partial charge in [-0.2, -0.15) is 11.8 Å². The van der Waals surface area contributed by atoms with Gasteiger partial charge in [-0.15, -0.1) is 0 Å². The highest BCUT2D eigenvalue weighted by Gasteiger charge is 2.12. The Morgan fingerprint density at radius 1 is 1.50 bits per heavy atom. The van der Waals surface area contributed by atoms with E-state index in [0.717, 1.165) is 5.69 Å². The average molecular weight is 229 g/mol. The second-order valence-electron chi connectivity index (χ2n) is 3.43. The molecule has 1 aromatic heterocycles. The fourth-order valence-corrected chi connectivity index (χ4v) is 2.74. The van der Waals surface area contributed by atoms with Gasteiger partial charge in [0.15, 0.2) is 0 Å². The van der Waals surface area contributed by atoms with Crippen LogP contribution in [0.25, 0.3) is 0 Å². The van der Waals surface area contributed by atoms with Gasteiger partial charge in [-0.3, -0.25) is 0 Å². The number of nitrogens with zero attached hydrogens (tertiary/aromatic N) is 1. The molecule has 1 aliphatic rings. The topological polar surface area (TPSA) is 24.9 Å². The van der Waals surface area contributed by atoms with Crippen molar-refractivity contribution in [2.75, 3.05) is 16.8 Å². The maximum Gasteiger partial charge on any atom is 0.129 e. The number of nitrogens with one attached hydrogen (secondary N) is 1. The molecular formula is C10H13ClN2S. The van der Waals surface area contributed by atoms with Crippen molar-refractivity contribution in [3.63, 3.8) is 0 Å². The highest BCUT2D eigenvalue weighted by Crippen LogP contribution is 2.20. The predicted octanol–water partition coefficient (Wildman–Crippen LogP) is 3.04. The van der Waals surface area contributed by atoms with E-state index in [4.69, 9.17) is 11.6 Å². The molecule has 0 amide bonds. The van der Waals surface area contributed by atoms with Gasteiger partial charge in [-0.1, -0.05) is 11.6 Å². The zero-order valence-electron chi connectivity index (χ0n) is 7.87. The lowest BCUT2D eigenvalue weighted by Gasteiger charge is -2.23. The lowest BCUT2D eigenvalue weighted by molar-refractivity contribution is 0.685. The Morgan fingerprint density at radius 2 is 2.43 bits per heavy atom. The lowest BCUT2D eigenvalue weighted by Crippen LogP contribution is -2.25. The molecule has 1 aliphatic heterocycles. The molecule has 0 aliphatic carbocycles. The third-order valence-electron chi connectivity index (χ3n) is 2.26. The molecule has 14 heavy (non-hydrogen) atoms. The van der Waals surface area contributed by atoms with Gasteiger partial charge in [0.05, 0.1) is 11.9 Å². The molecule has 0 aromatic carbocycles. The average Bonchev–Trinajstić information content (AvgIpc) is 2.23. The van der Waals surface area contributed by atoms with E-state index in [2.05, 4.69) is 10.3 Å². The van der Waals surface area contributed by atoms with Crippen molar-refractivity contribution in [3.05, 3.63) is 23.5 Å². The highest BCUT2D eigenvalue weighted by atomic mass is 35.5. The number of aromatic nitrogens is 1. The maximum atomic E-state index is 5.71. The molecule has 1 saturated heterocycles. The van der Waals surface area contributed by atoms with Gasteiger partial charge in [0.25, 0.3) is 0 Å². The summed E-state index contributed by atoms with van der Waals surface area (Å²) in [7, 11) is 0. The Labute approximate surface area is 93.4 Å². The Bertz CT molecular complexity index is 283. The maximum absolute atomic E-state index is 5.71. The van der Waals surface area contributed by atoms with Crippen molar-refractivity contribution in [1.29, 1.82) is 0 Å². The van der Waals surface area contributed by atoms with Gasteiger partial charge in [-0.05, 0) is 30.7 Å². The number of hydrogen-bond acceptors (Lipinski definition) is 3. The summed E-state index contributed by atoms with van der Waals surface area (Å²) in [5.41, 5.74) is 1.07. The first-order chi connectivity index (χ1) is 6.84. The number of anilines is 1. The zero-order valence-corrected chi connectivity index (χ0v) is 9.44. The summed E-state index contributed by atoms with van der Waals surface area (Å²) < 4.78 is 0. The van der Waals surface area contributed by atoms with Gasteiger partial charge in [-0.25, -0.2) is 4.98 Å². The largest absolute Gasteiger partial charge is 0.380 e. The fourth-order valence-electron chi connectivity index (χ4n) is 1.55. The van der Waals surface area contributed by atoms with Crippen LogP contribution in [0.4, 0.5) is 5.69 Å². The molecule has 4 heteroatoms. The molecule has 1 atom stereocenters. The van der Waals surface area contributed by atoms with Gasteiger partial charge in [0.1, 0.15) is 5.15 Å². The standard InChI is InChI=1S/C10H13ClN2S/c11-10-4-3-8(6-12-10)13-9-2-1-5-14-7-9/h3-4,6,9,13H,1-2,5,7H2. The van der Waals surface area contributed by atoms with Gasteiger partial charge in [0, 0.05) is 11.8 Å². The van der Waals surface area contributed by atoms with Gasteiger partial charge >= 0.3 is 0 Å². The van der Waals surface area contributed by atoms with Crippen LogP contribution in [0.15, 0.2) is 18.3 Å². The summed E-state index contributed by atoms with van der Waals surface area (Å²) in [6.07, 6.45) is 4.36. The third kappa shape index (κ3) is 2.79. The van der Waals surface area contributed by atoms with E-state index in [0.29, 0.717) is 11.2 Å². The van der Waals surface area contributed by atoms with Crippen molar-refractivity contribution in [2.24, 2.45) is 0 Å². The third-order valence-corrected chi connectivity index (χ3v) is 3.70. The minimum atomic E-state index is 0.550. The fraction of sp³-hybridized carbons (Fsp3) is 0.500. The molecule has 2 heterocycles. The Hall–Kier alpha value is -0.410. The number of rotatable bonds is 2. The van der Waals surface area contributed by atoms with E-state index in [1.165, 1.54) is 24.3 Å². The van der Waals surface area contributed by atoms with E-state index in [-0.39, 0.29) is 0 Å². The van der Waals surface area contributed by atoms with Crippen LogP contribution in [-0.4, -0.2) is 22.5 Å². The van der Waals surface area contributed by atoms with Crippen LogP contribution in [0.2, 0.25) is 5.15 Å². The van der Waals surface area contributed by atoms with Crippen molar-refractivity contribution in [2.45, 2.75) is 18.9 Å². The summed E-state index contributed by atoms with van der Waals surface area (Å²) in [5, 5.41) is 4.02. The van der Waals surface area contributed by atoms with Crippen molar-refractivity contribution < 1.29 is 0 Å². The molecule has 2 nitrogen and oxygen atoms in total. The molecule has 0 spiro atoms. The predicted molar refractivity (Wildman–Crippen MR) is 63.2 cm³/mol. The summed E-state index contributed by atoms with van der Waals surface area (Å²) in [6, 6.07) is 4.39. The second-order valence-corrected chi connectivity index (χ2v) is 4.97. The molecular weight excluding hydrogens is 216 g/mol. The number of pyridine rings is 1. The van der Waals surface area contributed by atoms with Crippen LogP contribution >= 0.6 is 23.4 Å². The molecule has 0 bridgehead atoms. The number of halogens is 1. The minimum Gasteiger partial charge on any atom is -0.380 e. The van der Waals surface area contributed by atoms with Crippen molar-refractivity contribution >= 4 is 29.1 Å². The lowest BCUT2D eigenvalue weighted by atomic mass is 10.2. The highest BCUT2D eigenvalue weighted by molar-refractivity contribution is 7.99. The molecule has 2 rings (SSSR count). The molecule has 1 unspecified atom stereocenters. The molecule has 1 fully saturated rings. The van der Waals surface area contributed by atoms with E-state index in [9.17, 15) is 0 Å². The zero-order chi connectivity index (χ0) is 9.80. The van der Waals surface area contributed by atoms with E-state index < -0.39 is 0 Å². The number of thioether (sulfide) groups is 1. The molecule has 76 valence electrons. The van der Waals surface area contributed by atoms with Crippen molar-refractivity contribution in [1.82, 2.24) is 4.98 Å². The summed E-state index contributed by atoms with van der Waals surface area (Å²) in [4.78, 5) is 4.04. The van der Waals surface area contributed by atoms with Crippen LogP contribution in [0.1, 0.15) is 12.8 Å². The van der Waals surface area contributed by atoms with Gasteiger partial charge < -0.3 is 5.32 Å². The number of hydrogen-bond donors (Lipinski definition) is 1. The monoisotopic (exact) mass is 228 g/mol. The molecule has 1 N–H and O–H groups in total. The van der Waals surface area contributed by atoms with Crippen LogP contribution < -0.4 is 5.32 Å². The Balaban J connectivity index is 1.92. The smallest absolute Gasteiger partial charge is 0.129 e. The first-order valence-corrected chi connectivity index (χ1v) is 6.34. The van der Waals surface area contributed by atoms with E-state index in [1.54, 1.807) is 6.20 Å². The first kappa shape index (κ1) is 10.1. The summed E-state index contributed by atoms with van der Waals surface area (Å²) >= 11 is 7.73. The second kappa shape index (κ2) is 4.89. The molecule has 0 saturated carbocycles. The normalized spacial score (nSPS) is 21.9. The SMILES string of the molecule is Clc1ccc(NC2CCCSC2)cn1. The van der Waals surface area contributed by atoms with Crippen LogP contribution in [0.3, 0.4) is 0 Å². The first-order valence-electron chi connectivity index (χ1n) is 4.80. The van der Waals surface area contributed by atoms with Crippen LogP contribution in [0.5, 0.6) is 0 Å². The van der Waals surface area contributed by atoms with Crippen molar-refractivity contribution in [3.8, 4) is 0 Å².